The number of carboxylic acid groups (broad SMARTS) is 1. The Hall–Kier alpha value is -3.97. The number of anilines is 1. The van der Waals surface area contributed by atoms with Crippen molar-refractivity contribution in [3.8, 4) is 11.3 Å². The van der Waals surface area contributed by atoms with E-state index in [0.29, 0.717) is 31.4 Å². The van der Waals surface area contributed by atoms with Crippen molar-refractivity contribution < 1.29 is 24.2 Å². The normalized spacial score (nSPS) is 12.4. The predicted molar refractivity (Wildman–Crippen MR) is 186 cm³/mol. The number of benzene rings is 2. The molecule has 1 atom stereocenters. The van der Waals surface area contributed by atoms with Gasteiger partial charge in [0.1, 0.15) is 5.82 Å². The first kappa shape index (κ1) is 39.1. The van der Waals surface area contributed by atoms with E-state index in [1.54, 1.807) is 12.1 Å². The summed E-state index contributed by atoms with van der Waals surface area (Å²) in [7, 11) is 1.91. The molecule has 2 aromatic carbocycles. The molecule has 1 heterocycles. The second kappa shape index (κ2) is 21.7. The van der Waals surface area contributed by atoms with E-state index < -0.39 is 12.1 Å². The van der Waals surface area contributed by atoms with Gasteiger partial charge in [-0.1, -0.05) is 78.0 Å². The molecule has 1 aliphatic carbocycles. The fourth-order valence-corrected chi connectivity index (χ4v) is 5.19. The first-order chi connectivity index (χ1) is 21.8. The van der Waals surface area contributed by atoms with Crippen LogP contribution in [0.4, 0.5) is 10.1 Å². The van der Waals surface area contributed by atoms with Crippen molar-refractivity contribution in [3.05, 3.63) is 95.5 Å². The van der Waals surface area contributed by atoms with Crippen LogP contribution in [0.25, 0.3) is 16.8 Å². The topological polar surface area (TPSA) is 91.6 Å². The van der Waals surface area contributed by atoms with E-state index in [0.717, 1.165) is 52.9 Å². The Morgan fingerprint density at radius 3 is 2.13 bits per heavy atom. The number of aliphatic hydroxyl groups is 1. The molecule has 0 spiro atoms. The number of halogens is 1. The molecule has 1 aliphatic rings. The van der Waals surface area contributed by atoms with Gasteiger partial charge in [0.25, 0.3) is 0 Å². The molecule has 0 bridgehead atoms. The van der Waals surface area contributed by atoms with Crippen molar-refractivity contribution in [1.29, 1.82) is 0 Å². The van der Waals surface area contributed by atoms with Crippen LogP contribution in [0.5, 0.6) is 0 Å². The Morgan fingerprint density at radius 2 is 1.64 bits per heavy atom. The number of nitrogens with zero attached hydrogens (tertiary/aromatic N) is 1. The number of nitrogens with one attached hydrogen (secondary N) is 1. The monoisotopic (exact) mass is 620 g/mol. The lowest BCUT2D eigenvalue weighted by Gasteiger charge is -2.17. The number of carboxylic acids is 1. The summed E-state index contributed by atoms with van der Waals surface area (Å²) in [6.45, 7) is 12.7. The number of allylic oxidation sites excluding steroid dienone is 4. The summed E-state index contributed by atoms with van der Waals surface area (Å²) >= 11 is 0. The van der Waals surface area contributed by atoms with E-state index in [9.17, 15) is 19.1 Å². The molecule has 0 aliphatic heterocycles. The van der Waals surface area contributed by atoms with Gasteiger partial charge >= 0.3 is 5.97 Å². The number of aliphatic hydroxyl groups excluding tert-OH is 1. The molecule has 6 nitrogen and oxygen atoms in total. The molecule has 0 saturated carbocycles. The molecule has 0 radical (unpaired) electrons. The molecule has 0 fully saturated rings. The highest BCUT2D eigenvalue weighted by molar-refractivity contribution is 5.97. The van der Waals surface area contributed by atoms with Crippen LogP contribution >= 0.6 is 0 Å². The van der Waals surface area contributed by atoms with E-state index in [4.69, 9.17) is 5.11 Å². The molecule has 0 amide bonds. The van der Waals surface area contributed by atoms with Gasteiger partial charge in [0.15, 0.2) is 6.29 Å². The van der Waals surface area contributed by atoms with E-state index in [1.165, 1.54) is 12.1 Å². The van der Waals surface area contributed by atoms with Crippen molar-refractivity contribution in [1.82, 2.24) is 4.57 Å². The van der Waals surface area contributed by atoms with Gasteiger partial charge in [-0.2, -0.15) is 0 Å². The van der Waals surface area contributed by atoms with Gasteiger partial charge in [-0.15, -0.1) is 0 Å². The summed E-state index contributed by atoms with van der Waals surface area (Å²) in [5.41, 5.74) is 6.37. The van der Waals surface area contributed by atoms with Gasteiger partial charge in [-0.05, 0) is 85.6 Å². The number of unbranched alkanes of at least 4 members (excludes halogenated alkanes) is 1. The second-order valence-corrected chi connectivity index (χ2v) is 10.5. The minimum atomic E-state index is -1.01. The van der Waals surface area contributed by atoms with Crippen LogP contribution in [0.3, 0.4) is 0 Å². The number of aldehydes is 1. The lowest BCUT2D eigenvalue weighted by Crippen LogP contribution is -2.13. The van der Waals surface area contributed by atoms with Gasteiger partial charge < -0.3 is 20.1 Å². The lowest BCUT2D eigenvalue weighted by molar-refractivity contribution is -0.139. The van der Waals surface area contributed by atoms with Crippen LogP contribution in [0.1, 0.15) is 108 Å². The highest BCUT2D eigenvalue weighted by Crippen LogP contribution is 2.40. The zero-order chi connectivity index (χ0) is 33.8. The van der Waals surface area contributed by atoms with E-state index >= 15 is 0 Å². The smallest absolute Gasteiger partial charge is 0.305 e. The molecule has 1 unspecified atom stereocenters. The summed E-state index contributed by atoms with van der Waals surface area (Å²) in [5, 5.41) is 21.8. The van der Waals surface area contributed by atoms with E-state index in [2.05, 4.69) is 42.0 Å². The maximum atomic E-state index is 13.7. The van der Waals surface area contributed by atoms with Crippen molar-refractivity contribution in [3.63, 3.8) is 0 Å². The summed E-state index contributed by atoms with van der Waals surface area (Å²) in [6, 6.07) is 16.4. The fourth-order valence-electron chi connectivity index (χ4n) is 5.19. The number of aliphatic carboxylic acids is 1. The van der Waals surface area contributed by atoms with E-state index in [1.807, 2.05) is 65.1 Å². The maximum Gasteiger partial charge on any atom is 0.305 e. The summed E-state index contributed by atoms with van der Waals surface area (Å²) < 4.78 is 15.9. The lowest BCUT2D eigenvalue weighted by atomic mass is 9.92. The van der Waals surface area contributed by atoms with Crippen LogP contribution in [-0.4, -0.2) is 40.2 Å². The van der Waals surface area contributed by atoms with Gasteiger partial charge in [0.05, 0.1) is 18.2 Å². The number of hydrogen-bond donors (Lipinski definition) is 3. The number of para-hydroxylation sites is 1. The Morgan fingerprint density at radius 1 is 1.00 bits per heavy atom. The largest absolute Gasteiger partial charge is 0.481 e. The SMILES string of the molecule is CC.CC.CC(C)c1c(C=O)c(C2=CCCC=C2)c(-c2ccc(F)cc2)n1CCCCC(O)CC(=O)O.CNc1ccccc1. The van der Waals surface area contributed by atoms with Crippen molar-refractivity contribution in [2.75, 3.05) is 12.4 Å². The predicted octanol–water partition coefficient (Wildman–Crippen LogP) is 9.75. The second-order valence-electron chi connectivity index (χ2n) is 10.5. The average Bonchev–Trinajstić information content (AvgIpc) is 3.40. The molecule has 4 rings (SSSR count). The number of rotatable bonds is 12. The van der Waals surface area contributed by atoms with Gasteiger partial charge in [0.2, 0.25) is 0 Å². The minimum absolute atomic E-state index is 0.0870. The summed E-state index contributed by atoms with van der Waals surface area (Å²) in [6.07, 6.45) is 9.72. The fraction of sp³-hybridized carbons (Fsp3) is 0.421. The highest BCUT2D eigenvalue weighted by atomic mass is 19.1. The number of carbonyl (C=O) groups is 2. The van der Waals surface area contributed by atoms with Gasteiger partial charge in [-0.3, -0.25) is 9.59 Å². The zero-order valence-corrected chi connectivity index (χ0v) is 28.1. The van der Waals surface area contributed by atoms with Crippen LogP contribution in [0.15, 0.2) is 72.8 Å². The maximum absolute atomic E-state index is 13.7. The van der Waals surface area contributed by atoms with Crippen molar-refractivity contribution in [2.45, 2.75) is 98.6 Å². The molecule has 3 N–H and O–H groups in total. The number of aromatic nitrogens is 1. The quantitative estimate of drug-likeness (QED) is 0.138. The Balaban J connectivity index is 0.000000715. The third-order valence-corrected chi connectivity index (χ3v) is 7.05. The molecular weight excluding hydrogens is 567 g/mol. The first-order valence-corrected chi connectivity index (χ1v) is 16.2. The summed E-state index contributed by atoms with van der Waals surface area (Å²) in [5.74, 6) is -1.24. The van der Waals surface area contributed by atoms with Crippen molar-refractivity contribution >= 4 is 23.5 Å². The standard InChI is InChI=1S/C27H32FNO4.C7H9N.2C2H6/c1-18(2)26-23(17-30)25(19-8-4-3-5-9-19)27(20-11-13-21(28)14-12-20)29(26)15-7-6-10-22(31)16-24(32)33;1-8-7-5-3-2-4-6-7;2*1-2/h4,8-9,11-14,17-18,22,31H,3,5-7,10,15-16H2,1-2H3,(H,32,33);2-6,8H,1H3;2*1-2H3. The molecular formula is C38H53FN2O4. The molecule has 7 heteroatoms. The van der Waals surface area contributed by atoms with E-state index in [-0.39, 0.29) is 18.2 Å². The van der Waals surface area contributed by atoms with Crippen LogP contribution in [0, 0.1) is 5.82 Å². The molecule has 246 valence electrons. The Labute approximate surface area is 269 Å². The van der Waals surface area contributed by atoms with Crippen LogP contribution in [-0.2, 0) is 11.3 Å². The minimum Gasteiger partial charge on any atom is -0.481 e. The average molecular weight is 621 g/mol. The van der Waals surface area contributed by atoms with Crippen LogP contribution in [0.2, 0.25) is 0 Å². The van der Waals surface area contributed by atoms with Gasteiger partial charge in [0, 0.05) is 36.1 Å². The third-order valence-electron chi connectivity index (χ3n) is 7.05. The molecule has 3 aromatic rings. The molecule has 0 saturated heterocycles. The van der Waals surface area contributed by atoms with Crippen LogP contribution < -0.4 is 5.32 Å². The highest BCUT2D eigenvalue weighted by Gasteiger charge is 2.27. The van der Waals surface area contributed by atoms with Crippen molar-refractivity contribution in [2.24, 2.45) is 0 Å². The van der Waals surface area contributed by atoms with Gasteiger partial charge in [-0.25, -0.2) is 4.39 Å². The third kappa shape index (κ3) is 12.1. The first-order valence-electron chi connectivity index (χ1n) is 16.2. The molecule has 1 aromatic heterocycles. The zero-order valence-electron chi connectivity index (χ0n) is 28.1. The Kier molecular flexibility index (Phi) is 18.8. The summed E-state index contributed by atoms with van der Waals surface area (Å²) in [4.78, 5) is 23.2. The molecule has 45 heavy (non-hydrogen) atoms. The number of hydrogen-bond acceptors (Lipinski definition) is 4. The number of carbonyl (C=O) groups excluding carboxylic acids is 1. The Bertz CT molecular complexity index is 1340.